The maximum atomic E-state index is 13.9. The molecule has 0 saturated carbocycles. The number of hydrogen-bond acceptors (Lipinski definition) is 8. The summed E-state index contributed by atoms with van der Waals surface area (Å²) in [5.41, 5.74) is 0.0118. The van der Waals surface area contributed by atoms with Crippen LogP contribution in [0.3, 0.4) is 0 Å². The quantitative estimate of drug-likeness (QED) is 0.188. The van der Waals surface area contributed by atoms with Crippen molar-refractivity contribution in [3.63, 3.8) is 0 Å². The fourth-order valence-corrected chi connectivity index (χ4v) is 3.64. The molecule has 0 heterocycles. The molecule has 2 aromatic carbocycles. The fraction of sp³-hybridized carbons (Fsp3) is 0.379. The number of nitrogens with zero attached hydrogens (tertiary/aromatic N) is 1. The first-order valence-corrected chi connectivity index (χ1v) is 12.6. The lowest BCUT2D eigenvalue weighted by atomic mass is 10.0. The van der Waals surface area contributed by atoms with Crippen LogP contribution in [0.4, 0.5) is 4.79 Å². The van der Waals surface area contributed by atoms with Crippen LogP contribution in [-0.4, -0.2) is 63.8 Å². The zero-order valence-corrected chi connectivity index (χ0v) is 23.0. The van der Waals surface area contributed by atoms with E-state index in [1.807, 2.05) is 0 Å². The largest absolute Gasteiger partial charge is 0.508 e. The lowest BCUT2D eigenvalue weighted by molar-refractivity contribution is -0.143. The summed E-state index contributed by atoms with van der Waals surface area (Å²) in [6.07, 6.45) is 4.74. The Labute approximate surface area is 233 Å². The summed E-state index contributed by atoms with van der Waals surface area (Å²) in [6, 6.07) is 11.2. The number of hydrogen-bond donors (Lipinski definition) is 4. The smallest absolute Gasteiger partial charge is 0.408 e. The van der Waals surface area contributed by atoms with Gasteiger partial charge in [-0.05, 0) is 63.1 Å². The van der Waals surface area contributed by atoms with Crippen LogP contribution >= 0.6 is 0 Å². The zero-order valence-electron chi connectivity index (χ0n) is 23.0. The minimum absolute atomic E-state index is 0.0175. The second kappa shape index (κ2) is 14.4. The van der Waals surface area contributed by atoms with Crippen LogP contribution in [-0.2, 0) is 30.3 Å². The Hall–Kier alpha value is -4.72. The first kappa shape index (κ1) is 31.5. The zero-order chi connectivity index (χ0) is 29.9. The molecule has 2 aromatic rings. The molecule has 2 unspecified atom stereocenters. The van der Waals surface area contributed by atoms with Gasteiger partial charge in [-0.1, -0.05) is 30.7 Å². The minimum atomic E-state index is -1.37. The molecule has 2 atom stereocenters. The number of phenolic OH excluding ortho intramolecular Hbond substituents is 2. The van der Waals surface area contributed by atoms with Crippen LogP contribution in [0.5, 0.6) is 11.5 Å². The number of carbonyl (C=O) groups is 4. The van der Waals surface area contributed by atoms with Gasteiger partial charge in [0.2, 0.25) is 5.91 Å². The van der Waals surface area contributed by atoms with Gasteiger partial charge >= 0.3 is 12.1 Å². The van der Waals surface area contributed by atoms with Crippen molar-refractivity contribution in [1.82, 2.24) is 15.5 Å². The predicted molar refractivity (Wildman–Crippen MR) is 146 cm³/mol. The molecule has 0 radical (unpaired) electrons. The molecule has 214 valence electrons. The van der Waals surface area contributed by atoms with Crippen LogP contribution in [0.25, 0.3) is 0 Å². The number of esters is 1. The van der Waals surface area contributed by atoms with E-state index in [0.29, 0.717) is 5.56 Å². The molecule has 40 heavy (non-hydrogen) atoms. The summed E-state index contributed by atoms with van der Waals surface area (Å²) in [7, 11) is 0. The number of benzene rings is 2. The number of nitrogens with one attached hydrogen (secondary N) is 2. The Bertz CT molecular complexity index is 1210. The van der Waals surface area contributed by atoms with Gasteiger partial charge in [0, 0.05) is 19.0 Å². The Kier molecular flexibility index (Phi) is 11.4. The maximum Gasteiger partial charge on any atom is 0.408 e. The summed E-state index contributed by atoms with van der Waals surface area (Å²) in [5.74, 6) is -2.05. The number of carbonyl (C=O) groups excluding carboxylic acids is 4. The average molecular weight is 554 g/mol. The SMILES string of the molecule is C#CN(C(=O)C(Cc1ccc(O)cc1)NC(=O)OC(C)(C)C)C(C(=O)NCCC(=O)OCC)c1ccc(O)cc1. The molecule has 11 heteroatoms. The van der Waals surface area contributed by atoms with Gasteiger partial charge in [-0.3, -0.25) is 19.3 Å². The lowest BCUT2D eigenvalue weighted by Gasteiger charge is -2.30. The summed E-state index contributed by atoms with van der Waals surface area (Å²) in [6.45, 7) is 6.77. The van der Waals surface area contributed by atoms with Gasteiger partial charge in [0.25, 0.3) is 5.91 Å². The van der Waals surface area contributed by atoms with Crippen LogP contribution in [0.15, 0.2) is 48.5 Å². The van der Waals surface area contributed by atoms with Gasteiger partial charge in [-0.25, -0.2) is 4.79 Å². The Balaban J connectivity index is 2.41. The molecule has 0 aliphatic heterocycles. The summed E-state index contributed by atoms with van der Waals surface area (Å²) in [5, 5.41) is 24.5. The number of phenols is 2. The van der Waals surface area contributed by atoms with E-state index in [1.165, 1.54) is 36.4 Å². The minimum Gasteiger partial charge on any atom is -0.508 e. The highest BCUT2D eigenvalue weighted by Crippen LogP contribution is 2.25. The molecule has 0 saturated heterocycles. The Morgan fingerprint density at radius 1 is 1.00 bits per heavy atom. The van der Waals surface area contributed by atoms with E-state index in [2.05, 4.69) is 16.7 Å². The van der Waals surface area contributed by atoms with Gasteiger partial charge < -0.3 is 30.3 Å². The number of terminal acetylenes is 1. The molecular formula is C29H35N3O8. The molecule has 0 aliphatic rings. The first-order chi connectivity index (χ1) is 18.8. The molecule has 0 spiro atoms. The van der Waals surface area contributed by atoms with Gasteiger partial charge in [-0.2, -0.15) is 0 Å². The third kappa shape index (κ3) is 9.87. The molecular weight excluding hydrogens is 518 g/mol. The topological polar surface area (TPSA) is 154 Å². The predicted octanol–water partition coefficient (Wildman–Crippen LogP) is 2.76. The number of alkyl carbamates (subject to hydrolysis) is 1. The van der Waals surface area contributed by atoms with Crippen LogP contribution < -0.4 is 10.6 Å². The molecule has 0 aliphatic carbocycles. The molecule has 4 N–H and O–H groups in total. The maximum absolute atomic E-state index is 13.9. The molecule has 2 rings (SSSR count). The molecule has 0 fully saturated rings. The number of aromatic hydroxyl groups is 2. The van der Waals surface area contributed by atoms with Crippen molar-refractivity contribution < 1.29 is 38.9 Å². The highest BCUT2D eigenvalue weighted by atomic mass is 16.6. The number of amides is 3. The first-order valence-electron chi connectivity index (χ1n) is 12.6. The van der Waals surface area contributed by atoms with E-state index in [-0.39, 0.29) is 43.1 Å². The normalized spacial score (nSPS) is 12.3. The standard InChI is InChI=1S/C29H35N3O8/c1-6-32(25(20-10-14-22(34)15-11-20)26(36)30-17-16-24(35)39-7-2)27(37)23(31-28(38)40-29(3,4)5)18-19-8-12-21(33)13-9-19/h1,8-15,23,25,33-34H,7,16-18H2,2-5H3,(H,30,36)(H,31,38). The van der Waals surface area contributed by atoms with E-state index in [0.717, 1.165) is 4.90 Å². The molecule has 3 amide bonds. The summed E-state index contributed by atoms with van der Waals surface area (Å²) < 4.78 is 10.2. The number of rotatable bonds is 11. The molecule has 11 nitrogen and oxygen atoms in total. The fourth-order valence-electron chi connectivity index (χ4n) is 3.64. The van der Waals surface area contributed by atoms with Crippen LogP contribution in [0.2, 0.25) is 0 Å². The third-order valence-electron chi connectivity index (χ3n) is 5.39. The van der Waals surface area contributed by atoms with Crippen molar-refractivity contribution in [1.29, 1.82) is 0 Å². The molecule has 0 aromatic heterocycles. The van der Waals surface area contributed by atoms with E-state index in [9.17, 15) is 29.4 Å². The van der Waals surface area contributed by atoms with Gasteiger partial charge in [0.1, 0.15) is 29.2 Å². The van der Waals surface area contributed by atoms with Gasteiger partial charge in [-0.15, -0.1) is 0 Å². The van der Waals surface area contributed by atoms with E-state index >= 15 is 0 Å². The highest BCUT2D eigenvalue weighted by molar-refractivity contribution is 5.93. The van der Waals surface area contributed by atoms with Crippen molar-refractivity contribution in [2.75, 3.05) is 13.2 Å². The second-order valence-electron chi connectivity index (χ2n) is 9.75. The van der Waals surface area contributed by atoms with Crippen LogP contribution in [0, 0.1) is 12.5 Å². The van der Waals surface area contributed by atoms with Crippen molar-refractivity contribution in [2.24, 2.45) is 0 Å². The summed E-state index contributed by atoms with van der Waals surface area (Å²) >= 11 is 0. The van der Waals surface area contributed by atoms with E-state index < -0.39 is 41.6 Å². The van der Waals surface area contributed by atoms with E-state index in [4.69, 9.17) is 15.9 Å². The third-order valence-corrected chi connectivity index (χ3v) is 5.39. The lowest BCUT2D eigenvalue weighted by Crippen LogP contribution is -2.52. The van der Waals surface area contributed by atoms with Crippen LogP contribution in [0.1, 0.15) is 51.3 Å². The highest BCUT2D eigenvalue weighted by Gasteiger charge is 2.36. The Morgan fingerprint density at radius 3 is 2.10 bits per heavy atom. The van der Waals surface area contributed by atoms with Crippen molar-refractivity contribution in [2.45, 2.75) is 58.2 Å². The monoisotopic (exact) mass is 553 g/mol. The van der Waals surface area contributed by atoms with Gasteiger partial charge in [0.15, 0.2) is 0 Å². The second-order valence-corrected chi connectivity index (χ2v) is 9.75. The average Bonchev–Trinajstić information content (AvgIpc) is 2.87. The van der Waals surface area contributed by atoms with Gasteiger partial charge in [0.05, 0.1) is 13.0 Å². The van der Waals surface area contributed by atoms with Crippen molar-refractivity contribution in [3.8, 4) is 24.0 Å². The summed E-state index contributed by atoms with van der Waals surface area (Å²) in [4.78, 5) is 52.4. The van der Waals surface area contributed by atoms with E-state index in [1.54, 1.807) is 39.8 Å². The number of ether oxygens (including phenoxy) is 2. The Morgan fingerprint density at radius 2 is 1.57 bits per heavy atom. The molecule has 0 bridgehead atoms. The van der Waals surface area contributed by atoms with Crippen molar-refractivity contribution in [3.05, 3.63) is 59.7 Å². The van der Waals surface area contributed by atoms with Crippen molar-refractivity contribution >= 4 is 23.9 Å².